The molecule has 212 valence electrons. The second-order valence-corrected chi connectivity index (χ2v) is 8.28. The first-order valence-corrected chi connectivity index (χ1v) is 12.4. The predicted molar refractivity (Wildman–Crippen MR) is 131 cm³/mol. The van der Waals surface area contributed by atoms with Crippen LogP contribution in [0.4, 0.5) is 0 Å². The topological polar surface area (TPSA) is 165 Å². The van der Waals surface area contributed by atoms with Gasteiger partial charge < -0.3 is 39.5 Å². The molecular formula is C24H41N3O10. The zero-order valence-electron chi connectivity index (χ0n) is 21.8. The number of hydrogen-bond donors (Lipinski definition) is 2. The third kappa shape index (κ3) is 16.1. The lowest BCUT2D eigenvalue weighted by atomic mass is 10.0. The second kappa shape index (κ2) is 20.6. The summed E-state index contributed by atoms with van der Waals surface area (Å²) in [6.07, 6.45) is 2.63. The van der Waals surface area contributed by atoms with Crippen molar-refractivity contribution in [3.05, 3.63) is 12.2 Å². The third-order valence-electron chi connectivity index (χ3n) is 4.98. The molecule has 13 heteroatoms. The molecule has 1 heterocycles. The quantitative estimate of drug-likeness (QED) is 0.117. The van der Waals surface area contributed by atoms with Crippen molar-refractivity contribution >= 4 is 23.6 Å². The van der Waals surface area contributed by atoms with Crippen molar-refractivity contribution < 1.29 is 47.6 Å². The molecule has 13 nitrogen and oxygen atoms in total. The minimum Gasteiger partial charge on any atom is -0.379 e. The molecule has 0 saturated heterocycles. The molecule has 0 unspecified atom stereocenters. The van der Waals surface area contributed by atoms with Crippen LogP contribution < -0.4 is 11.1 Å². The number of primary amides is 1. The van der Waals surface area contributed by atoms with Crippen molar-refractivity contribution in [1.29, 1.82) is 0 Å². The van der Waals surface area contributed by atoms with Crippen LogP contribution >= 0.6 is 0 Å². The van der Waals surface area contributed by atoms with E-state index < -0.39 is 11.9 Å². The van der Waals surface area contributed by atoms with Crippen LogP contribution in [0.3, 0.4) is 0 Å². The van der Waals surface area contributed by atoms with Crippen LogP contribution in [0.5, 0.6) is 0 Å². The van der Waals surface area contributed by atoms with E-state index in [2.05, 4.69) is 5.32 Å². The van der Waals surface area contributed by atoms with Crippen LogP contribution in [0, 0.1) is 5.92 Å². The lowest BCUT2D eigenvalue weighted by Gasteiger charge is -2.18. The number of hydrogen-bond acceptors (Lipinski definition) is 10. The summed E-state index contributed by atoms with van der Waals surface area (Å²) in [5, 5.41) is 2.60. The fourth-order valence-electron chi connectivity index (χ4n) is 2.99. The van der Waals surface area contributed by atoms with E-state index in [1.807, 2.05) is 13.8 Å². The number of nitrogens with one attached hydrogen (secondary N) is 1. The van der Waals surface area contributed by atoms with Crippen molar-refractivity contribution in [3.63, 3.8) is 0 Å². The standard InChI is InChI=1S/C24H41N3O10/c1-19(2)23(24(25)31)26-20(28)5-7-32-9-11-34-13-15-36-17-18-37-16-14-35-12-10-33-8-6-27-21(29)3-4-22(27)30/h3-4,19,23H,5-18H2,1-2H3,(H2,25,31)(H,26,28)/t23-/m0/s1. The molecule has 0 radical (unpaired) electrons. The maximum Gasteiger partial charge on any atom is 0.253 e. The molecule has 0 saturated carbocycles. The predicted octanol–water partition coefficient (Wildman–Crippen LogP) is -0.973. The summed E-state index contributed by atoms with van der Waals surface area (Å²) in [5.41, 5.74) is 5.27. The lowest BCUT2D eigenvalue weighted by molar-refractivity contribution is -0.137. The van der Waals surface area contributed by atoms with Crippen LogP contribution in [-0.4, -0.2) is 120 Å². The molecule has 0 bridgehead atoms. The normalized spacial score (nSPS) is 14.1. The fourth-order valence-corrected chi connectivity index (χ4v) is 2.99. The number of ether oxygens (including phenoxy) is 6. The molecule has 3 N–H and O–H groups in total. The molecule has 0 aliphatic carbocycles. The van der Waals surface area contributed by atoms with Crippen molar-refractivity contribution in [1.82, 2.24) is 10.2 Å². The molecule has 0 aromatic rings. The van der Waals surface area contributed by atoms with E-state index in [4.69, 9.17) is 34.2 Å². The average Bonchev–Trinajstić information content (AvgIpc) is 3.17. The van der Waals surface area contributed by atoms with Gasteiger partial charge in [-0.15, -0.1) is 0 Å². The van der Waals surface area contributed by atoms with Crippen molar-refractivity contribution in [2.24, 2.45) is 11.7 Å². The molecule has 37 heavy (non-hydrogen) atoms. The zero-order valence-corrected chi connectivity index (χ0v) is 21.8. The zero-order chi connectivity index (χ0) is 27.3. The number of imide groups is 1. The van der Waals surface area contributed by atoms with E-state index >= 15 is 0 Å². The van der Waals surface area contributed by atoms with Crippen LogP contribution in [0.15, 0.2) is 12.2 Å². The Morgan fingerprint density at radius 3 is 1.49 bits per heavy atom. The average molecular weight is 532 g/mol. The van der Waals surface area contributed by atoms with E-state index in [1.54, 1.807) is 0 Å². The Balaban J connectivity index is 1.76. The Labute approximate surface area is 217 Å². The van der Waals surface area contributed by atoms with Crippen LogP contribution in [-0.2, 0) is 47.6 Å². The lowest BCUT2D eigenvalue weighted by Crippen LogP contribution is -2.47. The van der Waals surface area contributed by atoms with Gasteiger partial charge in [0, 0.05) is 18.6 Å². The number of nitrogens with two attached hydrogens (primary N) is 1. The van der Waals surface area contributed by atoms with Gasteiger partial charge in [0.25, 0.3) is 11.8 Å². The number of amides is 4. The molecule has 1 rings (SSSR count). The first-order valence-electron chi connectivity index (χ1n) is 12.4. The SMILES string of the molecule is CC(C)[C@H](NC(=O)CCOCCOCCOCCOCCOCCOCCN1C(=O)C=CC1=O)C(N)=O. The number of carbonyl (C=O) groups excluding carboxylic acids is 4. The van der Waals surface area contributed by atoms with E-state index in [0.29, 0.717) is 66.1 Å². The van der Waals surface area contributed by atoms with Gasteiger partial charge in [-0.2, -0.15) is 0 Å². The highest BCUT2D eigenvalue weighted by molar-refractivity contribution is 6.12. The second-order valence-electron chi connectivity index (χ2n) is 8.28. The largest absolute Gasteiger partial charge is 0.379 e. The molecule has 0 aromatic heterocycles. The fraction of sp³-hybridized carbons (Fsp3) is 0.750. The van der Waals surface area contributed by atoms with E-state index in [-0.39, 0.29) is 49.8 Å². The van der Waals surface area contributed by atoms with Gasteiger partial charge in [0.05, 0.1) is 85.8 Å². The van der Waals surface area contributed by atoms with Gasteiger partial charge in [-0.1, -0.05) is 13.8 Å². The highest BCUT2D eigenvalue weighted by Crippen LogP contribution is 2.02. The van der Waals surface area contributed by atoms with Crippen LogP contribution in [0.25, 0.3) is 0 Å². The first-order chi connectivity index (χ1) is 17.8. The van der Waals surface area contributed by atoms with Crippen molar-refractivity contribution in [2.75, 3.05) is 85.8 Å². The highest BCUT2D eigenvalue weighted by atomic mass is 16.6. The number of carbonyl (C=O) groups is 4. The molecule has 0 aromatic carbocycles. The van der Waals surface area contributed by atoms with Crippen molar-refractivity contribution in [3.8, 4) is 0 Å². The van der Waals surface area contributed by atoms with Gasteiger partial charge in [-0.3, -0.25) is 24.1 Å². The summed E-state index contributed by atoms with van der Waals surface area (Å²) >= 11 is 0. The van der Waals surface area contributed by atoms with Gasteiger partial charge in [-0.25, -0.2) is 0 Å². The highest BCUT2D eigenvalue weighted by Gasteiger charge is 2.22. The molecular weight excluding hydrogens is 490 g/mol. The molecule has 0 fully saturated rings. The van der Waals surface area contributed by atoms with E-state index in [9.17, 15) is 19.2 Å². The summed E-state index contributed by atoms with van der Waals surface area (Å²) in [4.78, 5) is 46.9. The Morgan fingerprint density at radius 2 is 1.11 bits per heavy atom. The van der Waals surface area contributed by atoms with Gasteiger partial charge >= 0.3 is 0 Å². The minimum absolute atomic E-state index is 0.0746. The van der Waals surface area contributed by atoms with Gasteiger partial charge in [0.2, 0.25) is 11.8 Å². The number of rotatable bonds is 24. The third-order valence-corrected chi connectivity index (χ3v) is 4.98. The monoisotopic (exact) mass is 531 g/mol. The summed E-state index contributed by atoms with van der Waals surface area (Å²) < 4.78 is 32.2. The van der Waals surface area contributed by atoms with Gasteiger partial charge in [-0.05, 0) is 5.92 Å². The van der Waals surface area contributed by atoms with Crippen LogP contribution in [0.1, 0.15) is 20.3 Å². The summed E-state index contributed by atoms with van der Waals surface area (Å²) in [7, 11) is 0. The summed E-state index contributed by atoms with van der Waals surface area (Å²) in [6, 6.07) is -0.682. The molecule has 1 aliphatic heterocycles. The minimum atomic E-state index is -0.682. The van der Waals surface area contributed by atoms with E-state index in [0.717, 1.165) is 4.90 Å². The summed E-state index contributed by atoms with van der Waals surface area (Å²) in [6.45, 7) is 8.38. The molecule has 0 spiro atoms. The maximum absolute atomic E-state index is 11.8. The molecule has 4 amide bonds. The smallest absolute Gasteiger partial charge is 0.253 e. The van der Waals surface area contributed by atoms with Crippen LogP contribution in [0.2, 0.25) is 0 Å². The van der Waals surface area contributed by atoms with Gasteiger partial charge in [0.15, 0.2) is 0 Å². The van der Waals surface area contributed by atoms with Gasteiger partial charge in [0.1, 0.15) is 6.04 Å². The first kappa shape index (κ1) is 32.6. The Morgan fingerprint density at radius 1 is 0.730 bits per heavy atom. The van der Waals surface area contributed by atoms with E-state index in [1.165, 1.54) is 12.2 Å². The summed E-state index contributed by atoms with van der Waals surface area (Å²) in [5.74, 6) is -1.54. The Hall–Kier alpha value is -2.42. The molecule has 1 atom stereocenters. The number of nitrogens with zero attached hydrogens (tertiary/aromatic N) is 1. The maximum atomic E-state index is 11.8. The Bertz CT molecular complexity index is 699. The molecule has 1 aliphatic rings. The van der Waals surface area contributed by atoms with Crippen molar-refractivity contribution in [2.45, 2.75) is 26.3 Å². The Kier molecular flexibility index (Phi) is 18.2.